The number of carbonyl (C=O) groups excluding carboxylic acids is 1. The van der Waals surface area contributed by atoms with E-state index in [2.05, 4.69) is 17.1 Å². The van der Waals surface area contributed by atoms with Gasteiger partial charge in [0.2, 0.25) is 5.91 Å². The van der Waals surface area contributed by atoms with Gasteiger partial charge in [0, 0.05) is 18.7 Å². The van der Waals surface area contributed by atoms with Gasteiger partial charge in [-0.15, -0.1) is 10.2 Å². The van der Waals surface area contributed by atoms with Gasteiger partial charge in [-0.1, -0.05) is 49.0 Å². The Balaban J connectivity index is 1.59. The fraction of sp³-hybridized carbons (Fsp3) is 0.375. The monoisotopic (exact) mass is 438 g/mol. The summed E-state index contributed by atoms with van der Waals surface area (Å²) in [5.74, 6) is 1.20. The first kappa shape index (κ1) is 21.6. The maximum absolute atomic E-state index is 13.4. The smallest absolute Gasteiger partial charge is 0.235 e. The summed E-state index contributed by atoms with van der Waals surface area (Å²) in [6.07, 6.45) is 2.12. The number of hydrogen-bond acceptors (Lipinski definition) is 4. The number of hydrogen-bond donors (Lipinski definition) is 0. The van der Waals surface area contributed by atoms with Crippen molar-refractivity contribution in [2.45, 2.75) is 43.6 Å². The Labute approximate surface area is 186 Å². The summed E-state index contributed by atoms with van der Waals surface area (Å²) in [5, 5.41) is 9.23. The molecule has 1 unspecified atom stereocenters. The van der Waals surface area contributed by atoms with Gasteiger partial charge in [-0.05, 0) is 55.5 Å². The van der Waals surface area contributed by atoms with Crippen LogP contribution in [0.15, 0.2) is 59.8 Å². The number of nitrogens with zero attached hydrogens (tertiary/aromatic N) is 4. The highest BCUT2D eigenvalue weighted by Gasteiger charge is 2.27. The van der Waals surface area contributed by atoms with E-state index in [-0.39, 0.29) is 17.0 Å². The van der Waals surface area contributed by atoms with Crippen molar-refractivity contribution in [3.63, 3.8) is 0 Å². The summed E-state index contributed by atoms with van der Waals surface area (Å²) in [6.45, 7) is 6.39. The van der Waals surface area contributed by atoms with Crippen molar-refractivity contribution in [2.24, 2.45) is 5.92 Å². The van der Waals surface area contributed by atoms with Crippen LogP contribution in [0.5, 0.6) is 0 Å². The molecule has 4 rings (SSSR count). The molecular formula is C24H27FN4OS. The van der Waals surface area contributed by atoms with Crippen LogP contribution in [0.1, 0.15) is 32.3 Å². The number of carbonyl (C=O) groups is 1. The molecule has 1 fully saturated rings. The van der Waals surface area contributed by atoms with Crippen molar-refractivity contribution in [1.29, 1.82) is 0 Å². The number of rotatable bonds is 6. The van der Waals surface area contributed by atoms with E-state index in [9.17, 15) is 9.18 Å². The number of piperidine rings is 1. The van der Waals surface area contributed by atoms with Crippen molar-refractivity contribution in [1.82, 2.24) is 19.7 Å². The van der Waals surface area contributed by atoms with Crippen molar-refractivity contribution in [3.8, 4) is 11.4 Å². The lowest BCUT2D eigenvalue weighted by molar-refractivity contribution is -0.131. The molecule has 1 saturated heterocycles. The van der Waals surface area contributed by atoms with Crippen LogP contribution >= 0.6 is 11.8 Å². The van der Waals surface area contributed by atoms with E-state index in [4.69, 9.17) is 0 Å². The van der Waals surface area contributed by atoms with Gasteiger partial charge < -0.3 is 4.90 Å². The molecule has 5 nitrogen and oxygen atoms in total. The Hall–Kier alpha value is -2.67. The van der Waals surface area contributed by atoms with Gasteiger partial charge in [0.15, 0.2) is 11.0 Å². The van der Waals surface area contributed by atoms with Crippen molar-refractivity contribution < 1.29 is 9.18 Å². The zero-order valence-electron chi connectivity index (χ0n) is 17.9. The van der Waals surface area contributed by atoms with Crippen LogP contribution < -0.4 is 0 Å². The first-order valence-electron chi connectivity index (χ1n) is 10.7. The molecule has 7 heteroatoms. The Morgan fingerprint density at radius 3 is 2.45 bits per heavy atom. The number of aromatic nitrogens is 3. The summed E-state index contributed by atoms with van der Waals surface area (Å²) in [6, 6.07) is 16.3. The highest BCUT2D eigenvalue weighted by molar-refractivity contribution is 8.00. The molecule has 0 spiro atoms. The van der Waals surface area contributed by atoms with Crippen LogP contribution in [0.2, 0.25) is 0 Å². The second kappa shape index (κ2) is 9.64. The van der Waals surface area contributed by atoms with E-state index in [1.54, 1.807) is 12.1 Å². The minimum Gasteiger partial charge on any atom is -0.342 e. The average Bonchev–Trinajstić information content (AvgIpc) is 3.17. The van der Waals surface area contributed by atoms with Crippen LogP contribution in [0.4, 0.5) is 4.39 Å². The molecule has 0 saturated carbocycles. The van der Waals surface area contributed by atoms with Gasteiger partial charge in [-0.25, -0.2) is 4.39 Å². The van der Waals surface area contributed by atoms with Crippen LogP contribution in [-0.2, 0) is 11.3 Å². The largest absolute Gasteiger partial charge is 0.342 e. The van der Waals surface area contributed by atoms with E-state index < -0.39 is 0 Å². The third kappa shape index (κ3) is 5.15. The predicted molar refractivity (Wildman–Crippen MR) is 121 cm³/mol. The van der Waals surface area contributed by atoms with Gasteiger partial charge >= 0.3 is 0 Å². The normalized spacial score (nSPS) is 15.8. The molecular weight excluding hydrogens is 411 g/mol. The molecule has 2 aromatic carbocycles. The molecule has 2 heterocycles. The summed E-state index contributed by atoms with van der Waals surface area (Å²) in [4.78, 5) is 15.0. The van der Waals surface area contributed by atoms with Crippen molar-refractivity contribution >= 4 is 17.7 Å². The molecule has 0 radical (unpaired) electrons. The molecule has 31 heavy (non-hydrogen) atoms. The zero-order chi connectivity index (χ0) is 21.8. The molecule has 1 aliphatic heterocycles. The lowest BCUT2D eigenvalue weighted by Gasteiger charge is -2.32. The molecule has 0 N–H and O–H groups in total. The van der Waals surface area contributed by atoms with Crippen molar-refractivity contribution in [2.75, 3.05) is 13.1 Å². The van der Waals surface area contributed by atoms with E-state index in [0.29, 0.717) is 23.4 Å². The fourth-order valence-corrected chi connectivity index (χ4v) is 4.72. The molecule has 0 aliphatic carbocycles. The molecule has 1 atom stereocenters. The number of benzene rings is 2. The first-order valence-corrected chi connectivity index (χ1v) is 11.6. The highest BCUT2D eigenvalue weighted by Crippen LogP contribution is 2.29. The van der Waals surface area contributed by atoms with Crippen LogP contribution in [0.3, 0.4) is 0 Å². The first-order chi connectivity index (χ1) is 15.0. The minimum absolute atomic E-state index is 0.148. The van der Waals surface area contributed by atoms with Gasteiger partial charge in [0.05, 0.1) is 11.8 Å². The molecule has 1 aromatic heterocycles. The summed E-state index contributed by atoms with van der Waals surface area (Å²) in [5.41, 5.74) is 1.90. The van der Waals surface area contributed by atoms with Crippen LogP contribution in [0.25, 0.3) is 11.4 Å². The molecule has 1 aliphatic rings. The molecule has 162 valence electrons. The van der Waals surface area contributed by atoms with Gasteiger partial charge in [0.25, 0.3) is 0 Å². The summed E-state index contributed by atoms with van der Waals surface area (Å²) < 4.78 is 15.4. The quantitative estimate of drug-likeness (QED) is 0.515. The van der Waals surface area contributed by atoms with E-state index >= 15 is 0 Å². The zero-order valence-corrected chi connectivity index (χ0v) is 18.7. The van der Waals surface area contributed by atoms with E-state index in [1.165, 1.54) is 23.9 Å². The van der Waals surface area contributed by atoms with Crippen LogP contribution in [0, 0.1) is 11.7 Å². The van der Waals surface area contributed by atoms with E-state index in [0.717, 1.165) is 37.1 Å². The Morgan fingerprint density at radius 1 is 1.10 bits per heavy atom. The summed E-state index contributed by atoms with van der Waals surface area (Å²) >= 11 is 1.43. The number of halogens is 1. The number of thioether (sulfide) groups is 1. The molecule has 3 aromatic rings. The third-order valence-corrected chi connectivity index (χ3v) is 6.80. The molecule has 1 amide bonds. The highest BCUT2D eigenvalue weighted by atomic mass is 32.2. The fourth-order valence-electron chi connectivity index (χ4n) is 3.79. The number of likely N-dealkylation sites (tertiary alicyclic amines) is 1. The van der Waals surface area contributed by atoms with Crippen LogP contribution in [-0.4, -0.2) is 43.9 Å². The second-order valence-electron chi connectivity index (χ2n) is 8.15. The Morgan fingerprint density at radius 2 is 1.77 bits per heavy atom. The summed E-state index contributed by atoms with van der Waals surface area (Å²) in [7, 11) is 0. The Kier molecular flexibility index (Phi) is 6.70. The van der Waals surface area contributed by atoms with Crippen molar-refractivity contribution in [3.05, 3.63) is 66.0 Å². The number of amides is 1. The SMILES string of the molecule is CC1CCN(C(=O)C(C)Sc2nnc(-c3ccc(F)cc3)n2Cc2ccccc2)CC1. The Bertz CT molecular complexity index is 1010. The maximum Gasteiger partial charge on any atom is 0.235 e. The van der Waals surface area contributed by atoms with E-state index in [1.807, 2.05) is 46.7 Å². The van der Waals surface area contributed by atoms with Gasteiger partial charge in [-0.3, -0.25) is 9.36 Å². The lowest BCUT2D eigenvalue weighted by atomic mass is 9.99. The van der Waals surface area contributed by atoms with Gasteiger partial charge in [0.1, 0.15) is 5.82 Å². The predicted octanol–water partition coefficient (Wildman–Crippen LogP) is 4.87. The minimum atomic E-state index is -0.289. The van der Waals surface area contributed by atoms with Gasteiger partial charge in [-0.2, -0.15) is 0 Å². The second-order valence-corrected chi connectivity index (χ2v) is 9.46. The maximum atomic E-state index is 13.4. The third-order valence-electron chi connectivity index (χ3n) is 5.73. The lowest BCUT2D eigenvalue weighted by Crippen LogP contribution is -2.41. The standard InChI is InChI=1S/C24H27FN4OS/c1-17-12-14-28(15-13-17)23(30)18(2)31-24-27-26-22(20-8-10-21(25)11-9-20)29(24)16-19-6-4-3-5-7-19/h3-11,17-18H,12-16H2,1-2H3. The molecule has 0 bridgehead atoms. The topological polar surface area (TPSA) is 51.0 Å². The average molecular weight is 439 g/mol.